The van der Waals surface area contributed by atoms with Crippen LogP contribution in [-0.2, 0) is 16.1 Å². The molecule has 0 atom stereocenters. The minimum atomic E-state index is -0.322. The lowest BCUT2D eigenvalue weighted by Gasteiger charge is -2.25. The first-order chi connectivity index (χ1) is 16.1. The Labute approximate surface area is 191 Å². The Morgan fingerprint density at radius 1 is 1.18 bits per heavy atom. The Kier molecular flexibility index (Phi) is 7.20. The largest absolute Gasteiger partial charge is 0.475 e. The molecule has 1 aliphatic rings. The summed E-state index contributed by atoms with van der Waals surface area (Å²) in [6.45, 7) is 1.24. The summed E-state index contributed by atoms with van der Waals surface area (Å²) >= 11 is 0. The number of hydrogen-bond acceptors (Lipinski definition) is 9. The number of rotatable bonds is 10. The van der Waals surface area contributed by atoms with Gasteiger partial charge in [-0.1, -0.05) is 0 Å². The Morgan fingerprint density at radius 3 is 2.73 bits per heavy atom. The van der Waals surface area contributed by atoms with Crippen LogP contribution < -0.4 is 20.7 Å². The normalized spacial score (nSPS) is 13.5. The first-order valence-electron chi connectivity index (χ1n) is 10.9. The molecule has 3 aromatic rings. The lowest BCUT2D eigenvalue weighted by molar-refractivity contribution is -0.0103. The van der Waals surface area contributed by atoms with Gasteiger partial charge in [-0.15, -0.1) is 0 Å². The summed E-state index contributed by atoms with van der Waals surface area (Å²) < 4.78 is 18.1. The van der Waals surface area contributed by atoms with Crippen LogP contribution in [0.1, 0.15) is 25.0 Å². The molecule has 1 aliphatic carbocycles. The molecule has 3 N–H and O–H groups in total. The highest BCUT2D eigenvalue weighted by Gasteiger charge is 2.19. The van der Waals surface area contributed by atoms with E-state index in [1.807, 2.05) is 12.1 Å². The number of methoxy groups -OCH3 is 1. The van der Waals surface area contributed by atoms with Gasteiger partial charge in [0.15, 0.2) is 5.65 Å². The van der Waals surface area contributed by atoms with Crippen LogP contribution in [0.3, 0.4) is 0 Å². The summed E-state index contributed by atoms with van der Waals surface area (Å²) in [5.74, 6) is 1.01. The zero-order chi connectivity index (χ0) is 23.2. The molecular weight excluding hydrogens is 426 g/mol. The number of aromatic nitrogens is 4. The van der Waals surface area contributed by atoms with Crippen LogP contribution in [0.15, 0.2) is 24.5 Å². The van der Waals surface area contributed by atoms with Crippen LogP contribution in [-0.4, -0.2) is 66.1 Å². The molecule has 3 aromatic heterocycles. The number of hydrogen-bond donors (Lipinski definition) is 3. The van der Waals surface area contributed by atoms with Gasteiger partial charge in [-0.3, -0.25) is 0 Å². The summed E-state index contributed by atoms with van der Waals surface area (Å²) in [5.41, 5.74) is 3.26. The average molecular weight is 456 g/mol. The highest BCUT2D eigenvalue weighted by Crippen LogP contribution is 2.28. The zero-order valence-corrected chi connectivity index (χ0v) is 19.1. The van der Waals surface area contributed by atoms with E-state index in [2.05, 4.69) is 30.9 Å². The minimum absolute atomic E-state index is 0.300. The highest BCUT2D eigenvalue weighted by molar-refractivity contribution is 5.94. The van der Waals surface area contributed by atoms with Crippen molar-refractivity contribution in [3.8, 4) is 5.88 Å². The molecule has 4 rings (SSSR count). The predicted molar refractivity (Wildman–Crippen MR) is 124 cm³/mol. The Bertz CT molecular complexity index is 1110. The molecule has 11 nitrogen and oxygen atoms in total. The molecule has 0 aliphatic heterocycles. The second-order valence-electron chi connectivity index (χ2n) is 7.66. The maximum atomic E-state index is 12.2. The quantitative estimate of drug-likeness (QED) is 0.396. The molecule has 1 saturated carbocycles. The molecule has 0 bridgehead atoms. The van der Waals surface area contributed by atoms with Gasteiger partial charge in [-0.2, -0.15) is 0 Å². The third kappa shape index (κ3) is 5.32. The maximum Gasteiger partial charge on any atom is 0.328 e. The van der Waals surface area contributed by atoms with Crippen LogP contribution in [0, 0.1) is 0 Å². The zero-order valence-electron chi connectivity index (χ0n) is 19.1. The van der Waals surface area contributed by atoms with E-state index in [0.29, 0.717) is 48.8 Å². The summed E-state index contributed by atoms with van der Waals surface area (Å²) in [6, 6.07) is 5.21. The van der Waals surface area contributed by atoms with Crippen LogP contribution in [0.2, 0.25) is 0 Å². The second-order valence-corrected chi connectivity index (χ2v) is 7.66. The van der Waals surface area contributed by atoms with Gasteiger partial charge >= 0.3 is 6.03 Å². The summed E-state index contributed by atoms with van der Waals surface area (Å²) in [7, 11) is 4.98. The Hall–Kier alpha value is -3.44. The van der Waals surface area contributed by atoms with Gasteiger partial charge in [0, 0.05) is 39.0 Å². The van der Waals surface area contributed by atoms with Crippen molar-refractivity contribution in [2.24, 2.45) is 0 Å². The van der Waals surface area contributed by atoms with Gasteiger partial charge in [-0.25, -0.2) is 24.3 Å². The SMILES string of the molecule is CNC(=O)n1cnc2c(NC)cc(Nc3cc(COC4CCC4)nc(OCCOC)c3)nc21. The lowest BCUT2D eigenvalue weighted by Crippen LogP contribution is -2.24. The molecule has 0 saturated heterocycles. The minimum Gasteiger partial charge on any atom is -0.475 e. The van der Waals surface area contributed by atoms with Crippen LogP contribution >= 0.6 is 0 Å². The predicted octanol–water partition coefficient (Wildman–Crippen LogP) is 2.89. The van der Waals surface area contributed by atoms with Crippen molar-refractivity contribution < 1.29 is 19.0 Å². The van der Waals surface area contributed by atoms with Crippen LogP contribution in [0.25, 0.3) is 11.2 Å². The molecule has 1 fully saturated rings. The Morgan fingerprint density at radius 2 is 2.03 bits per heavy atom. The fourth-order valence-corrected chi connectivity index (χ4v) is 3.41. The molecule has 1 amide bonds. The second kappa shape index (κ2) is 10.5. The number of ether oxygens (including phenoxy) is 3. The van der Waals surface area contributed by atoms with Gasteiger partial charge in [0.1, 0.15) is 24.3 Å². The maximum absolute atomic E-state index is 12.2. The van der Waals surface area contributed by atoms with Gasteiger partial charge in [0.25, 0.3) is 0 Å². The molecule has 176 valence electrons. The highest BCUT2D eigenvalue weighted by atomic mass is 16.5. The summed E-state index contributed by atoms with van der Waals surface area (Å²) in [4.78, 5) is 25.7. The van der Waals surface area contributed by atoms with E-state index < -0.39 is 0 Å². The number of imidazole rings is 1. The molecular formula is C22H29N7O4. The average Bonchev–Trinajstić information content (AvgIpc) is 3.21. The third-order valence-corrected chi connectivity index (χ3v) is 5.39. The standard InChI is InChI=1S/C22H29N7O4/c1-23-17-11-18(28-21-20(17)25-13-29(21)22(30)24-2)26-14-9-15(12-33-16-5-4-6-16)27-19(10-14)32-8-7-31-3/h9-11,13,16H,4-8,12H2,1-3H3,(H,24,30)(H2,23,26,27,28). The lowest BCUT2D eigenvalue weighted by atomic mass is 9.96. The Balaban J connectivity index is 1.62. The molecule has 33 heavy (non-hydrogen) atoms. The molecule has 11 heteroatoms. The first-order valence-corrected chi connectivity index (χ1v) is 10.9. The first kappa shape index (κ1) is 22.7. The van der Waals surface area contributed by atoms with E-state index in [9.17, 15) is 4.79 Å². The molecule has 0 unspecified atom stereocenters. The van der Waals surface area contributed by atoms with E-state index in [0.717, 1.165) is 29.9 Å². The summed E-state index contributed by atoms with van der Waals surface area (Å²) in [5, 5.41) is 9.00. The monoisotopic (exact) mass is 455 g/mol. The molecule has 0 radical (unpaired) electrons. The number of nitrogens with zero attached hydrogens (tertiary/aromatic N) is 4. The molecule has 3 heterocycles. The number of fused-ring (bicyclic) bond motifs is 1. The third-order valence-electron chi connectivity index (χ3n) is 5.39. The van der Waals surface area contributed by atoms with Gasteiger partial charge in [-0.05, 0) is 25.3 Å². The number of nitrogens with one attached hydrogen (secondary N) is 3. The fraction of sp³-hybridized carbons (Fsp3) is 0.455. The van der Waals surface area contributed by atoms with Crippen molar-refractivity contribution in [1.82, 2.24) is 24.8 Å². The summed E-state index contributed by atoms with van der Waals surface area (Å²) in [6.07, 6.45) is 5.13. The number of amides is 1. The van der Waals surface area contributed by atoms with Gasteiger partial charge in [0.2, 0.25) is 5.88 Å². The van der Waals surface area contributed by atoms with Gasteiger partial charge in [0.05, 0.1) is 30.7 Å². The van der Waals surface area contributed by atoms with Crippen molar-refractivity contribution in [2.75, 3.05) is 45.1 Å². The van der Waals surface area contributed by atoms with Crippen molar-refractivity contribution in [3.63, 3.8) is 0 Å². The van der Waals surface area contributed by atoms with E-state index in [4.69, 9.17) is 14.2 Å². The number of carbonyl (C=O) groups is 1. The van der Waals surface area contributed by atoms with Gasteiger partial charge < -0.3 is 30.2 Å². The van der Waals surface area contributed by atoms with E-state index >= 15 is 0 Å². The number of anilines is 3. The molecule has 0 aromatic carbocycles. The van der Waals surface area contributed by atoms with E-state index in [1.54, 1.807) is 27.3 Å². The number of pyridine rings is 2. The van der Waals surface area contributed by atoms with Crippen molar-refractivity contribution in [2.45, 2.75) is 32.0 Å². The number of carbonyl (C=O) groups excluding carboxylic acids is 1. The molecule has 0 spiro atoms. The smallest absolute Gasteiger partial charge is 0.328 e. The topological polar surface area (TPSA) is 124 Å². The van der Waals surface area contributed by atoms with Crippen molar-refractivity contribution >= 4 is 34.4 Å². The van der Waals surface area contributed by atoms with E-state index in [-0.39, 0.29) is 6.03 Å². The van der Waals surface area contributed by atoms with Crippen molar-refractivity contribution in [3.05, 3.63) is 30.2 Å². The van der Waals surface area contributed by atoms with Crippen LogP contribution in [0.5, 0.6) is 5.88 Å². The van der Waals surface area contributed by atoms with Crippen LogP contribution in [0.4, 0.5) is 22.0 Å². The fourth-order valence-electron chi connectivity index (χ4n) is 3.41. The van der Waals surface area contributed by atoms with Crippen molar-refractivity contribution in [1.29, 1.82) is 0 Å². The van der Waals surface area contributed by atoms with E-state index in [1.165, 1.54) is 17.3 Å².